The zero-order valence-electron chi connectivity index (χ0n) is 9.67. The summed E-state index contributed by atoms with van der Waals surface area (Å²) in [6, 6.07) is 10.4. The van der Waals surface area contributed by atoms with Gasteiger partial charge in [-0.15, -0.1) is 0 Å². The van der Waals surface area contributed by atoms with Gasteiger partial charge in [0.1, 0.15) is 0 Å². The van der Waals surface area contributed by atoms with Gasteiger partial charge in [0, 0.05) is 14.8 Å². The lowest BCUT2D eigenvalue weighted by Gasteiger charge is -2.22. The van der Waals surface area contributed by atoms with Crippen molar-refractivity contribution in [1.29, 1.82) is 0 Å². The Bertz CT molecular complexity index is 607. The molecule has 0 aromatic heterocycles. The average molecular weight is 262 g/mol. The van der Waals surface area contributed by atoms with E-state index in [1.54, 1.807) is 11.8 Å². The highest BCUT2D eigenvalue weighted by Crippen LogP contribution is 2.45. The van der Waals surface area contributed by atoms with E-state index in [1.807, 2.05) is 12.1 Å². The number of nitrogens with one attached hydrogen (secondary N) is 1. The molecular formula is C14H12ClNS. The Hall–Kier alpha value is -1.12. The van der Waals surface area contributed by atoms with Gasteiger partial charge in [-0.25, -0.2) is 0 Å². The Morgan fingerprint density at radius 1 is 0.941 bits per heavy atom. The molecule has 1 aliphatic rings. The maximum absolute atomic E-state index is 6.01. The van der Waals surface area contributed by atoms with E-state index in [1.165, 1.54) is 26.6 Å². The van der Waals surface area contributed by atoms with Gasteiger partial charge >= 0.3 is 0 Å². The Kier molecular flexibility index (Phi) is 2.57. The monoisotopic (exact) mass is 261 g/mol. The number of rotatable bonds is 0. The van der Waals surface area contributed by atoms with Gasteiger partial charge in [0.05, 0.1) is 11.4 Å². The first-order valence-electron chi connectivity index (χ1n) is 5.49. The maximum Gasteiger partial charge on any atom is 0.0541 e. The minimum absolute atomic E-state index is 0.768. The third-order valence-electron chi connectivity index (χ3n) is 3.03. The summed E-state index contributed by atoms with van der Waals surface area (Å²) in [5.41, 5.74) is 4.91. The zero-order chi connectivity index (χ0) is 12.0. The molecule has 0 bridgehead atoms. The molecule has 17 heavy (non-hydrogen) atoms. The van der Waals surface area contributed by atoms with Crippen molar-refractivity contribution in [3.63, 3.8) is 0 Å². The second-order valence-corrected chi connectivity index (χ2v) is 5.82. The average Bonchev–Trinajstić information content (AvgIpc) is 2.28. The van der Waals surface area contributed by atoms with E-state index in [0.717, 1.165) is 10.7 Å². The standard InChI is InChI=1S/C14H12ClNS/c1-8-5-11-14(6-9(8)2)17-13-4-3-10(15)7-12(13)16-11/h3-7,16H,1-2H3. The highest BCUT2D eigenvalue weighted by atomic mass is 35.5. The van der Waals surface area contributed by atoms with Crippen LogP contribution in [0.3, 0.4) is 0 Å². The van der Waals surface area contributed by atoms with Crippen LogP contribution in [0, 0.1) is 13.8 Å². The van der Waals surface area contributed by atoms with Crippen LogP contribution in [-0.2, 0) is 0 Å². The molecule has 1 aliphatic heterocycles. The number of fused-ring (bicyclic) bond motifs is 2. The highest BCUT2D eigenvalue weighted by Gasteiger charge is 2.16. The number of halogens is 1. The van der Waals surface area contributed by atoms with Gasteiger partial charge in [-0.1, -0.05) is 23.4 Å². The van der Waals surface area contributed by atoms with Crippen LogP contribution in [0.5, 0.6) is 0 Å². The summed E-state index contributed by atoms with van der Waals surface area (Å²) in [6.45, 7) is 4.28. The number of hydrogen-bond donors (Lipinski definition) is 1. The minimum Gasteiger partial charge on any atom is -0.354 e. The van der Waals surface area contributed by atoms with Crippen molar-refractivity contribution in [3.05, 3.63) is 46.5 Å². The lowest BCUT2D eigenvalue weighted by atomic mass is 10.1. The second kappa shape index (κ2) is 3.97. The molecule has 0 radical (unpaired) electrons. The van der Waals surface area contributed by atoms with Gasteiger partial charge in [-0.05, 0) is 55.3 Å². The molecule has 0 saturated heterocycles. The lowest BCUT2D eigenvalue weighted by Crippen LogP contribution is -2.00. The molecule has 86 valence electrons. The van der Waals surface area contributed by atoms with Gasteiger partial charge in [0.15, 0.2) is 0 Å². The van der Waals surface area contributed by atoms with Crippen LogP contribution in [0.25, 0.3) is 0 Å². The Balaban J connectivity index is 2.11. The Morgan fingerprint density at radius 2 is 1.65 bits per heavy atom. The van der Waals surface area contributed by atoms with Crippen molar-refractivity contribution >= 4 is 34.7 Å². The first-order chi connectivity index (χ1) is 8.13. The van der Waals surface area contributed by atoms with Crippen LogP contribution in [0.1, 0.15) is 11.1 Å². The van der Waals surface area contributed by atoms with Crippen LogP contribution >= 0.6 is 23.4 Å². The van der Waals surface area contributed by atoms with Gasteiger partial charge in [-0.2, -0.15) is 0 Å². The fourth-order valence-electron chi connectivity index (χ4n) is 1.92. The first-order valence-corrected chi connectivity index (χ1v) is 6.68. The van der Waals surface area contributed by atoms with Crippen molar-refractivity contribution in [3.8, 4) is 0 Å². The third kappa shape index (κ3) is 1.92. The quantitative estimate of drug-likeness (QED) is 0.599. The van der Waals surface area contributed by atoms with Crippen LogP contribution < -0.4 is 5.32 Å². The summed E-state index contributed by atoms with van der Waals surface area (Å²) >= 11 is 7.80. The van der Waals surface area contributed by atoms with Gasteiger partial charge in [0.25, 0.3) is 0 Å². The summed E-state index contributed by atoms with van der Waals surface area (Å²) in [5, 5.41) is 4.21. The molecule has 0 fully saturated rings. The summed E-state index contributed by atoms with van der Waals surface area (Å²) in [6.07, 6.45) is 0. The highest BCUT2D eigenvalue weighted by molar-refractivity contribution is 7.99. The molecule has 0 unspecified atom stereocenters. The lowest BCUT2D eigenvalue weighted by molar-refractivity contribution is 1.24. The molecule has 0 spiro atoms. The predicted octanol–water partition coefficient (Wildman–Crippen LogP) is 5.17. The van der Waals surface area contributed by atoms with Crippen LogP contribution in [0.2, 0.25) is 5.02 Å². The zero-order valence-corrected chi connectivity index (χ0v) is 11.2. The van der Waals surface area contributed by atoms with Crippen molar-refractivity contribution in [2.24, 2.45) is 0 Å². The SMILES string of the molecule is Cc1cc2c(cc1C)Sc1ccc(Cl)cc1N2. The first kappa shape index (κ1) is 11.0. The molecular weight excluding hydrogens is 250 g/mol. The van der Waals surface area contributed by atoms with Gasteiger partial charge < -0.3 is 5.32 Å². The number of anilines is 2. The fourth-order valence-corrected chi connectivity index (χ4v) is 3.14. The van der Waals surface area contributed by atoms with Crippen molar-refractivity contribution in [2.75, 3.05) is 5.32 Å². The number of benzene rings is 2. The largest absolute Gasteiger partial charge is 0.354 e. The Labute approximate surface area is 110 Å². The molecule has 3 rings (SSSR count). The number of hydrogen-bond acceptors (Lipinski definition) is 2. The molecule has 1 nitrogen and oxygen atoms in total. The van der Waals surface area contributed by atoms with E-state index >= 15 is 0 Å². The smallest absolute Gasteiger partial charge is 0.0541 e. The molecule has 2 aromatic carbocycles. The maximum atomic E-state index is 6.01. The number of aryl methyl sites for hydroxylation is 2. The molecule has 0 amide bonds. The van der Waals surface area contributed by atoms with Gasteiger partial charge in [-0.3, -0.25) is 0 Å². The van der Waals surface area contributed by atoms with Crippen molar-refractivity contribution < 1.29 is 0 Å². The molecule has 1 heterocycles. The molecule has 0 saturated carbocycles. The van der Waals surface area contributed by atoms with E-state index in [9.17, 15) is 0 Å². The van der Waals surface area contributed by atoms with Crippen LogP contribution in [-0.4, -0.2) is 0 Å². The van der Waals surface area contributed by atoms with E-state index in [2.05, 4.69) is 37.4 Å². The molecule has 3 heteroatoms. The van der Waals surface area contributed by atoms with E-state index in [4.69, 9.17) is 11.6 Å². The molecule has 0 atom stereocenters. The third-order valence-corrected chi connectivity index (χ3v) is 4.40. The fraction of sp³-hybridized carbons (Fsp3) is 0.143. The van der Waals surface area contributed by atoms with Gasteiger partial charge in [0.2, 0.25) is 0 Å². The summed E-state index contributed by atoms with van der Waals surface area (Å²) in [5.74, 6) is 0. The summed E-state index contributed by atoms with van der Waals surface area (Å²) in [4.78, 5) is 2.51. The minimum atomic E-state index is 0.768. The van der Waals surface area contributed by atoms with Crippen molar-refractivity contribution in [1.82, 2.24) is 0 Å². The van der Waals surface area contributed by atoms with Crippen molar-refractivity contribution in [2.45, 2.75) is 23.6 Å². The van der Waals surface area contributed by atoms with E-state index in [-0.39, 0.29) is 0 Å². The van der Waals surface area contributed by atoms with E-state index < -0.39 is 0 Å². The Morgan fingerprint density at radius 3 is 2.47 bits per heavy atom. The molecule has 0 aliphatic carbocycles. The summed E-state index contributed by atoms with van der Waals surface area (Å²) in [7, 11) is 0. The molecule has 2 aromatic rings. The molecule has 1 N–H and O–H groups in total. The normalized spacial score (nSPS) is 12.6. The second-order valence-electron chi connectivity index (χ2n) is 4.30. The van der Waals surface area contributed by atoms with Crippen LogP contribution in [0.15, 0.2) is 40.1 Å². The predicted molar refractivity (Wildman–Crippen MR) is 74.8 cm³/mol. The van der Waals surface area contributed by atoms with E-state index in [0.29, 0.717) is 0 Å². The topological polar surface area (TPSA) is 12.0 Å². The summed E-state index contributed by atoms with van der Waals surface area (Å²) < 4.78 is 0. The van der Waals surface area contributed by atoms with Crippen LogP contribution in [0.4, 0.5) is 11.4 Å².